The van der Waals surface area contributed by atoms with Crippen molar-refractivity contribution in [1.82, 2.24) is 20.3 Å². The van der Waals surface area contributed by atoms with Crippen molar-refractivity contribution in [3.05, 3.63) is 12.3 Å². The van der Waals surface area contributed by atoms with Gasteiger partial charge in [-0.25, -0.2) is 4.79 Å². The third-order valence-corrected chi connectivity index (χ3v) is 2.98. The molecule has 19 heavy (non-hydrogen) atoms. The van der Waals surface area contributed by atoms with Crippen LogP contribution < -0.4 is 10.6 Å². The first kappa shape index (κ1) is 13.3. The molecular formula is C11H17N5O3. The summed E-state index contributed by atoms with van der Waals surface area (Å²) < 4.78 is 4.64. The van der Waals surface area contributed by atoms with Gasteiger partial charge in [0.25, 0.3) is 0 Å². The summed E-state index contributed by atoms with van der Waals surface area (Å²) in [5.74, 6) is 0.387. The largest absolute Gasteiger partial charge is 0.363 e. The molecule has 2 heterocycles. The fraction of sp³-hybridized carbons (Fsp3) is 0.545. The number of carbonyl (C=O) groups is 2. The average Bonchev–Trinajstić information content (AvgIpc) is 2.92. The van der Waals surface area contributed by atoms with Crippen molar-refractivity contribution in [3.8, 4) is 0 Å². The van der Waals surface area contributed by atoms with Crippen LogP contribution in [0.1, 0.15) is 0 Å². The van der Waals surface area contributed by atoms with E-state index in [-0.39, 0.29) is 11.9 Å². The number of amides is 3. The van der Waals surface area contributed by atoms with Gasteiger partial charge in [0.15, 0.2) is 5.82 Å². The van der Waals surface area contributed by atoms with E-state index in [1.165, 1.54) is 6.26 Å². The van der Waals surface area contributed by atoms with Crippen LogP contribution in [0.25, 0.3) is 0 Å². The van der Waals surface area contributed by atoms with Crippen LogP contribution in [0.3, 0.4) is 0 Å². The van der Waals surface area contributed by atoms with Gasteiger partial charge in [-0.1, -0.05) is 5.16 Å². The Labute approximate surface area is 110 Å². The van der Waals surface area contributed by atoms with Crippen molar-refractivity contribution in [2.24, 2.45) is 0 Å². The number of piperazine rings is 1. The minimum atomic E-state index is -0.200. The molecular weight excluding hydrogens is 250 g/mol. The molecule has 0 bridgehead atoms. The van der Waals surface area contributed by atoms with Gasteiger partial charge in [-0.3, -0.25) is 15.0 Å². The summed E-state index contributed by atoms with van der Waals surface area (Å²) in [6.07, 6.45) is 1.40. The highest BCUT2D eigenvalue weighted by Crippen LogP contribution is 2.06. The van der Waals surface area contributed by atoms with Gasteiger partial charge in [-0.2, -0.15) is 0 Å². The highest BCUT2D eigenvalue weighted by Gasteiger charge is 2.22. The monoisotopic (exact) mass is 267 g/mol. The topological polar surface area (TPSA) is 90.7 Å². The Hall–Kier alpha value is -2.09. The molecule has 0 atom stereocenters. The Kier molecular flexibility index (Phi) is 4.35. The fourth-order valence-electron chi connectivity index (χ4n) is 1.86. The average molecular weight is 267 g/mol. The second kappa shape index (κ2) is 6.19. The minimum Gasteiger partial charge on any atom is -0.363 e. The second-order valence-electron chi connectivity index (χ2n) is 4.25. The van der Waals surface area contributed by atoms with Crippen LogP contribution in [0.2, 0.25) is 0 Å². The van der Waals surface area contributed by atoms with E-state index in [1.54, 1.807) is 18.0 Å². The zero-order chi connectivity index (χ0) is 13.7. The number of nitrogens with one attached hydrogen (secondary N) is 2. The van der Waals surface area contributed by atoms with E-state index in [0.29, 0.717) is 38.5 Å². The summed E-state index contributed by atoms with van der Waals surface area (Å²) in [6, 6.07) is 1.38. The van der Waals surface area contributed by atoms with Crippen molar-refractivity contribution in [2.75, 3.05) is 45.1 Å². The Bertz CT molecular complexity index is 426. The van der Waals surface area contributed by atoms with Crippen LogP contribution in [-0.2, 0) is 4.79 Å². The maximum Gasteiger partial charge on any atom is 0.323 e. The zero-order valence-electron chi connectivity index (χ0n) is 10.8. The normalized spacial score (nSPS) is 16.2. The van der Waals surface area contributed by atoms with E-state index in [1.807, 2.05) is 4.90 Å². The predicted octanol–water partition coefficient (Wildman–Crippen LogP) is -0.430. The van der Waals surface area contributed by atoms with Gasteiger partial charge in [-0.15, -0.1) is 0 Å². The Morgan fingerprint density at radius 2 is 2.11 bits per heavy atom. The van der Waals surface area contributed by atoms with Gasteiger partial charge in [-0.05, 0) is 0 Å². The number of urea groups is 1. The van der Waals surface area contributed by atoms with Crippen LogP contribution >= 0.6 is 0 Å². The number of hydrogen-bond donors (Lipinski definition) is 2. The lowest BCUT2D eigenvalue weighted by Gasteiger charge is -2.33. The Morgan fingerprint density at radius 1 is 1.37 bits per heavy atom. The van der Waals surface area contributed by atoms with E-state index in [4.69, 9.17) is 0 Å². The zero-order valence-corrected chi connectivity index (χ0v) is 10.8. The van der Waals surface area contributed by atoms with Crippen LogP contribution in [0.15, 0.2) is 16.9 Å². The molecule has 1 aliphatic heterocycles. The highest BCUT2D eigenvalue weighted by atomic mass is 16.5. The molecule has 2 N–H and O–H groups in total. The molecule has 104 valence electrons. The first-order chi connectivity index (χ1) is 9.19. The quantitative estimate of drug-likeness (QED) is 0.775. The lowest BCUT2D eigenvalue weighted by molar-refractivity contribution is -0.122. The van der Waals surface area contributed by atoms with Crippen LogP contribution in [0.5, 0.6) is 0 Å². The summed E-state index contributed by atoms with van der Waals surface area (Å²) in [5, 5.41) is 8.85. The lowest BCUT2D eigenvalue weighted by atomic mass is 10.3. The standard InChI is InChI=1S/C11H17N5O3/c1-12-10(17)8-15-3-5-16(6-4-15)11(18)13-9-2-7-19-14-9/h2,7H,3-6,8H2,1H3,(H,12,17)(H,13,14,18). The van der Waals surface area contributed by atoms with Crippen LogP contribution in [0.4, 0.5) is 10.6 Å². The van der Waals surface area contributed by atoms with Crippen molar-refractivity contribution in [2.45, 2.75) is 0 Å². The number of rotatable bonds is 3. The SMILES string of the molecule is CNC(=O)CN1CCN(C(=O)Nc2ccon2)CC1. The Balaban J connectivity index is 1.76. The molecule has 2 rings (SSSR count). The molecule has 0 saturated carbocycles. The van der Waals surface area contributed by atoms with Crippen molar-refractivity contribution in [1.29, 1.82) is 0 Å². The van der Waals surface area contributed by atoms with E-state index in [0.717, 1.165) is 0 Å². The fourth-order valence-corrected chi connectivity index (χ4v) is 1.86. The minimum absolute atomic E-state index is 0.0134. The molecule has 0 spiro atoms. The summed E-state index contributed by atoms with van der Waals surface area (Å²) in [5.41, 5.74) is 0. The molecule has 3 amide bonds. The number of nitrogens with zero attached hydrogens (tertiary/aromatic N) is 3. The summed E-state index contributed by atoms with van der Waals surface area (Å²) in [4.78, 5) is 26.8. The molecule has 1 aromatic heterocycles. The third kappa shape index (κ3) is 3.68. The van der Waals surface area contributed by atoms with Gasteiger partial charge in [0.2, 0.25) is 5.91 Å². The van der Waals surface area contributed by atoms with E-state index >= 15 is 0 Å². The van der Waals surface area contributed by atoms with Crippen molar-refractivity contribution < 1.29 is 14.1 Å². The second-order valence-corrected chi connectivity index (χ2v) is 4.25. The molecule has 8 heteroatoms. The summed E-state index contributed by atoms with van der Waals surface area (Å²) >= 11 is 0. The number of likely N-dealkylation sites (N-methyl/N-ethyl adjacent to an activating group) is 1. The third-order valence-electron chi connectivity index (χ3n) is 2.98. The number of anilines is 1. The Morgan fingerprint density at radius 3 is 2.68 bits per heavy atom. The number of aromatic nitrogens is 1. The molecule has 0 aromatic carbocycles. The van der Waals surface area contributed by atoms with Crippen molar-refractivity contribution in [3.63, 3.8) is 0 Å². The van der Waals surface area contributed by atoms with Crippen molar-refractivity contribution >= 4 is 17.8 Å². The first-order valence-electron chi connectivity index (χ1n) is 6.08. The first-order valence-corrected chi connectivity index (χ1v) is 6.08. The van der Waals surface area contributed by atoms with Gasteiger partial charge >= 0.3 is 6.03 Å². The van der Waals surface area contributed by atoms with Gasteiger partial charge < -0.3 is 14.7 Å². The molecule has 0 unspecified atom stereocenters. The number of hydrogen-bond acceptors (Lipinski definition) is 5. The molecule has 8 nitrogen and oxygen atoms in total. The summed E-state index contributed by atoms with van der Waals surface area (Å²) in [6.45, 7) is 2.90. The summed E-state index contributed by atoms with van der Waals surface area (Å²) in [7, 11) is 1.62. The maximum atomic E-state index is 11.9. The van der Waals surface area contributed by atoms with Gasteiger partial charge in [0, 0.05) is 39.3 Å². The van der Waals surface area contributed by atoms with E-state index in [2.05, 4.69) is 20.3 Å². The van der Waals surface area contributed by atoms with Crippen LogP contribution in [-0.4, -0.2) is 66.7 Å². The smallest absolute Gasteiger partial charge is 0.323 e. The molecule has 1 fully saturated rings. The number of carbonyl (C=O) groups excluding carboxylic acids is 2. The van der Waals surface area contributed by atoms with Gasteiger partial charge in [0.05, 0.1) is 6.54 Å². The van der Waals surface area contributed by atoms with Crippen LogP contribution in [0, 0.1) is 0 Å². The van der Waals surface area contributed by atoms with E-state index in [9.17, 15) is 9.59 Å². The molecule has 0 radical (unpaired) electrons. The van der Waals surface area contributed by atoms with Gasteiger partial charge in [0.1, 0.15) is 6.26 Å². The predicted molar refractivity (Wildman–Crippen MR) is 67.6 cm³/mol. The lowest BCUT2D eigenvalue weighted by Crippen LogP contribution is -2.51. The molecule has 1 aliphatic rings. The maximum absolute atomic E-state index is 11.9. The molecule has 1 saturated heterocycles. The molecule has 0 aliphatic carbocycles. The molecule has 1 aromatic rings. The van der Waals surface area contributed by atoms with E-state index < -0.39 is 0 Å². The highest BCUT2D eigenvalue weighted by molar-refractivity contribution is 5.88.